The minimum Gasteiger partial charge on any atom is -0.308 e. The lowest BCUT2D eigenvalue weighted by Crippen LogP contribution is -2.29. The van der Waals surface area contributed by atoms with Crippen LogP contribution >= 0.6 is 0 Å². The van der Waals surface area contributed by atoms with E-state index in [1.54, 1.807) is 0 Å². The summed E-state index contributed by atoms with van der Waals surface area (Å²) < 4.78 is 0. The molecule has 1 aliphatic carbocycles. The number of H-pyrrole nitrogens is 1. The quantitative estimate of drug-likeness (QED) is 0.900. The van der Waals surface area contributed by atoms with Crippen LogP contribution in [0.2, 0.25) is 0 Å². The summed E-state index contributed by atoms with van der Waals surface area (Å²) in [4.78, 5) is 0. The third-order valence-corrected chi connectivity index (χ3v) is 4.33. The lowest BCUT2D eigenvalue weighted by molar-refractivity contribution is 0.387. The van der Waals surface area contributed by atoms with E-state index >= 15 is 0 Å². The predicted molar refractivity (Wildman–Crippen MR) is 84.8 cm³/mol. The third-order valence-electron chi connectivity index (χ3n) is 4.33. The number of hydrogen-bond donors (Lipinski definition) is 2. The standard InChI is InChI=1S/C17H24N4/c1-2-7-11-15(12-8-3-1)18-13-16-17(20-21-19-16)14-9-5-4-6-10-14/h4-6,9-10,15,18H,1-3,7-8,11-13H2,(H,19,20,21). The average Bonchev–Trinajstić information content (AvgIpc) is 2.95. The largest absolute Gasteiger partial charge is 0.308 e. The topological polar surface area (TPSA) is 53.6 Å². The van der Waals surface area contributed by atoms with Gasteiger partial charge in [0.25, 0.3) is 0 Å². The molecule has 1 fully saturated rings. The Morgan fingerprint density at radius 2 is 1.67 bits per heavy atom. The van der Waals surface area contributed by atoms with Crippen LogP contribution in [0.4, 0.5) is 0 Å². The van der Waals surface area contributed by atoms with E-state index in [0.29, 0.717) is 6.04 Å². The maximum absolute atomic E-state index is 4.32. The van der Waals surface area contributed by atoms with Crippen molar-refractivity contribution in [2.24, 2.45) is 0 Å². The van der Waals surface area contributed by atoms with E-state index in [2.05, 4.69) is 32.9 Å². The number of rotatable bonds is 4. The molecule has 1 aliphatic rings. The van der Waals surface area contributed by atoms with E-state index in [9.17, 15) is 0 Å². The Bertz CT molecular complexity index is 527. The van der Waals surface area contributed by atoms with Gasteiger partial charge in [0.15, 0.2) is 0 Å². The Labute approximate surface area is 126 Å². The van der Waals surface area contributed by atoms with Gasteiger partial charge in [0, 0.05) is 18.2 Å². The van der Waals surface area contributed by atoms with Crippen molar-refractivity contribution < 1.29 is 0 Å². The number of nitrogens with zero attached hydrogens (tertiary/aromatic N) is 2. The van der Waals surface area contributed by atoms with Crippen LogP contribution in [0.3, 0.4) is 0 Å². The molecular weight excluding hydrogens is 260 g/mol. The Hall–Kier alpha value is -1.68. The van der Waals surface area contributed by atoms with E-state index in [4.69, 9.17) is 0 Å². The van der Waals surface area contributed by atoms with Crippen molar-refractivity contribution >= 4 is 0 Å². The van der Waals surface area contributed by atoms with Crippen molar-refractivity contribution in [2.45, 2.75) is 57.5 Å². The fraction of sp³-hybridized carbons (Fsp3) is 0.529. The first-order valence-electron chi connectivity index (χ1n) is 8.12. The van der Waals surface area contributed by atoms with Gasteiger partial charge in [0.1, 0.15) is 11.4 Å². The first-order chi connectivity index (χ1) is 10.4. The summed E-state index contributed by atoms with van der Waals surface area (Å²) in [5.41, 5.74) is 3.11. The maximum Gasteiger partial charge on any atom is 0.117 e. The van der Waals surface area contributed by atoms with Crippen molar-refractivity contribution in [3.05, 3.63) is 36.0 Å². The number of aromatic nitrogens is 3. The van der Waals surface area contributed by atoms with E-state index in [-0.39, 0.29) is 0 Å². The van der Waals surface area contributed by atoms with E-state index in [0.717, 1.165) is 23.5 Å². The molecule has 0 atom stereocenters. The third kappa shape index (κ3) is 3.91. The van der Waals surface area contributed by atoms with Gasteiger partial charge in [-0.15, -0.1) is 0 Å². The molecule has 112 valence electrons. The van der Waals surface area contributed by atoms with Crippen LogP contribution < -0.4 is 5.32 Å². The van der Waals surface area contributed by atoms with Gasteiger partial charge in [-0.05, 0) is 12.8 Å². The molecule has 0 unspecified atom stereocenters. The van der Waals surface area contributed by atoms with Crippen LogP contribution in [0, 0.1) is 0 Å². The molecule has 4 heteroatoms. The van der Waals surface area contributed by atoms with Crippen molar-refractivity contribution in [1.29, 1.82) is 0 Å². The summed E-state index contributed by atoms with van der Waals surface area (Å²) in [6.45, 7) is 0.797. The second-order valence-electron chi connectivity index (χ2n) is 5.91. The summed E-state index contributed by atoms with van der Waals surface area (Å²) in [6, 6.07) is 10.9. The first-order valence-corrected chi connectivity index (χ1v) is 8.12. The van der Waals surface area contributed by atoms with Gasteiger partial charge in [0.05, 0.1) is 0 Å². The number of hydrogen-bond acceptors (Lipinski definition) is 3. The van der Waals surface area contributed by atoms with Gasteiger partial charge >= 0.3 is 0 Å². The molecule has 2 aromatic rings. The average molecular weight is 284 g/mol. The smallest absolute Gasteiger partial charge is 0.117 e. The van der Waals surface area contributed by atoms with Gasteiger partial charge < -0.3 is 5.32 Å². The van der Waals surface area contributed by atoms with Crippen LogP contribution in [-0.4, -0.2) is 21.5 Å². The molecule has 1 aromatic carbocycles. The summed E-state index contributed by atoms with van der Waals surface area (Å²) >= 11 is 0. The molecule has 0 aliphatic heterocycles. The van der Waals surface area contributed by atoms with Gasteiger partial charge in [-0.1, -0.05) is 62.4 Å². The second kappa shape index (κ2) is 7.36. The van der Waals surface area contributed by atoms with Crippen LogP contribution in [0.25, 0.3) is 11.3 Å². The zero-order valence-electron chi connectivity index (χ0n) is 12.5. The second-order valence-corrected chi connectivity index (χ2v) is 5.91. The van der Waals surface area contributed by atoms with Crippen LogP contribution in [-0.2, 0) is 6.54 Å². The molecule has 0 radical (unpaired) electrons. The van der Waals surface area contributed by atoms with E-state index in [1.165, 1.54) is 44.9 Å². The highest BCUT2D eigenvalue weighted by atomic mass is 15.3. The molecule has 4 nitrogen and oxygen atoms in total. The number of nitrogens with one attached hydrogen (secondary N) is 2. The summed E-state index contributed by atoms with van der Waals surface area (Å²) in [7, 11) is 0. The van der Waals surface area contributed by atoms with Crippen LogP contribution in [0.1, 0.15) is 50.6 Å². The van der Waals surface area contributed by atoms with Crippen molar-refractivity contribution in [3.8, 4) is 11.3 Å². The maximum atomic E-state index is 4.32. The molecule has 0 bridgehead atoms. The molecule has 0 amide bonds. The summed E-state index contributed by atoms with van der Waals surface area (Å²) in [5, 5.41) is 15.1. The molecule has 1 saturated carbocycles. The Morgan fingerprint density at radius 3 is 2.43 bits per heavy atom. The monoisotopic (exact) mass is 284 g/mol. The zero-order valence-corrected chi connectivity index (χ0v) is 12.5. The minimum absolute atomic E-state index is 0.630. The highest BCUT2D eigenvalue weighted by molar-refractivity contribution is 5.60. The molecule has 2 N–H and O–H groups in total. The molecule has 1 aromatic heterocycles. The highest BCUT2D eigenvalue weighted by Gasteiger charge is 2.14. The fourth-order valence-corrected chi connectivity index (χ4v) is 3.10. The van der Waals surface area contributed by atoms with Crippen molar-refractivity contribution in [3.63, 3.8) is 0 Å². The number of aromatic amines is 1. The molecule has 21 heavy (non-hydrogen) atoms. The predicted octanol–water partition coefficient (Wildman–Crippen LogP) is 3.67. The summed E-state index contributed by atoms with van der Waals surface area (Å²) in [5.74, 6) is 0. The van der Waals surface area contributed by atoms with Crippen LogP contribution in [0.5, 0.6) is 0 Å². The van der Waals surface area contributed by atoms with Gasteiger partial charge in [-0.2, -0.15) is 15.4 Å². The normalized spacial score (nSPS) is 17.3. The van der Waals surface area contributed by atoms with E-state index in [1.807, 2.05) is 18.2 Å². The van der Waals surface area contributed by atoms with Gasteiger partial charge in [-0.25, -0.2) is 0 Å². The SMILES string of the molecule is c1ccc(-c2n[nH]nc2CNC2CCCCCCC2)cc1. The fourth-order valence-electron chi connectivity index (χ4n) is 3.10. The van der Waals surface area contributed by atoms with Crippen molar-refractivity contribution in [2.75, 3.05) is 0 Å². The molecule has 1 heterocycles. The van der Waals surface area contributed by atoms with Gasteiger partial charge in [-0.3, -0.25) is 0 Å². The lowest BCUT2D eigenvalue weighted by atomic mass is 9.96. The summed E-state index contributed by atoms with van der Waals surface area (Å²) in [6.07, 6.45) is 9.46. The minimum atomic E-state index is 0.630. The van der Waals surface area contributed by atoms with Gasteiger partial charge in [0.2, 0.25) is 0 Å². The van der Waals surface area contributed by atoms with Crippen LogP contribution in [0.15, 0.2) is 30.3 Å². The highest BCUT2D eigenvalue weighted by Crippen LogP contribution is 2.20. The lowest BCUT2D eigenvalue weighted by Gasteiger charge is -2.20. The Kier molecular flexibility index (Phi) is 5.00. The zero-order chi connectivity index (χ0) is 14.3. The molecular formula is C17H24N4. The molecule has 3 rings (SSSR count). The Balaban J connectivity index is 1.62. The Morgan fingerprint density at radius 1 is 0.952 bits per heavy atom. The number of benzene rings is 1. The van der Waals surface area contributed by atoms with E-state index < -0.39 is 0 Å². The van der Waals surface area contributed by atoms with Crippen molar-refractivity contribution in [1.82, 2.24) is 20.7 Å². The first kappa shape index (κ1) is 14.3. The molecule has 0 saturated heterocycles. The molecule has 0 spiro atoms.